The number of hydrogen-bond acceptors (Lipinski definition) is 3. The van der Waals surface area contributed by atoms with Crippen molar-refractivity contribution in [2.24, 2.45) is 11.3 Å². The number of nitrogens with one attached hydrogen (secondary N) is 1. The van der Waals surface area contributed by atoms with Crippen LogP contribution in [0.2, 0.25) is 0 Å². The predicted molar refractivity (Wildman–Crippen MR) is 102 cm³/mol. The summed E-state index contributed by atoms with van der Waals surface area (Å²) >= 11 is 0. The molecule has 0 bridgehead atoms. The summed E-state index contributed by atoms with van der Waals surface area (Å²) in [6, 6.07) is 7.44. The summed E-state index contributed by atoms with van der Waals surface area (Å²) in [5.74, 6) is 0.721. The zero-order valence-corrected chi connectivity index (χ0v) is 16.1. The first-order chi connectivity index (χ1) is 12.4. The first-order valence-electron chi connectivity index (χ1n) is 9.76. The van der Waals surface area contributed by atoms with Crippen molar-refractivity contribution in [3.8, 4) is 0 Å². The van der Waals surface area contributed by atoms with Gasteiger partial charge in [-0.25, -0.2) is 4.79 Å². The minimum Gasteiger partial charge on any atom is -0.447 e. The van der Waals surface area contributed by atoms with Crippen molar-refractivity contribution in [3.63, 3.8) is 0 Å². The Bertz CT molecular complexity index is 646. The standard InChI is InChI=1S/C21H30N2O3/c1-4-21(2,3)16-7-9-17(10-8-16)22-19(24)15-5-11-18(12-6-15)23-13-14-26-20(23)25/h5-6,11-12,16-17H,4,7-10,13-14H2,1-3H3,(H,22,24). The average Bonchev–Trinajstić information content (AvgIpc) is 3.08. The summed E-state index contributed by atoms with van der Waals surface area (Å²) in [5.41, 5.74) is 1.80. The SMILES string of the molecule is CCC(C)(C)C1CCC(NC(=O)c2ccc(N3CCOC3=O)cc2)CC1. The lowest BCUT2D eigenvalue weighted by atomic mass is 9.69. The van der Waals surface area contributed by atoms with Crippen molar-refractivity contribution in [1.29, 1.82) is 0 Å². The Morgan fingerprint density at radius 1 is 1.19 bits per heavy atom. The van der Waals surface area contributed by atoms with Crippen LogP contribution < -0.4 is 10.2 Å². The molecule has 1 aliphatic heterocycles. The Balaban J connectivity index is 1.53. The van der Waals surface area contributed by atoms with E-state index in [0.29, 0.717) is 24.1 Å². The molecule has 3 rings (SSSR count). The van der Waals surface area contributed by atoms with Gasteiger partial charge in [-0.1, -0.05) is 27.2 Å². The van der Waals surface area contributed by atoms with Crippen molar-refractivity contribution in [1.82, 2.24) is 5.32 Å². The first kappa shape index (κ1) is 18.7. The van der Waals surface area contributed by atoms with E-state index in [0.717, 1.165) is 24.4 Å². The highest BCUT2D eigenvalue weighted by molar-refractivity contribution is 5.95. The fourth-order valence-electron chi connectivity index (χ4n) is 4.00. The Labute approximate surface area is 156 Å². The molecule has 0 unspecified atom stereocenters. The van der Waals surface area contributed by atoms with E-state index in [1.165, 1.54) is 19.3 Å². The Morgan fingerprint density at radius 3 is 2.38 bits per heavy atom. The third-order valence-electron chi connectivity index (χ3n) is 6.28. The van der Waals surface area contributed by atoms with Crippen molar-refractivity contribution in [2.75, 3.05) is 18.1 Å². The first-order valence-corrected chi connectivity index (χ1v) is 9.76. The van der Waals surface area contributed by atoms with Gasteiger partial charge in [0.15, 0.2) is 0 Å². The minimum atomic E-state index is -0.325. The maximum Gasteiger partial charge on any atom is 0.414 e. The van der Waals surface area contributed by atoms with Gasteiger partial charge in [-0.2, -0.15) is 0 Å². The van der Waals surface area contributed by atoms with Crippen molar-refractivity contribution in [3.05, 3.63) is 29.8 Å². The topological polar surface area (TPSA) is 58.6 Å². The average molecular weight is 358 g/mol. The summed E-state index contributed by atoms with van der Waals surface area (Å²) in [7, 11) is 0. The van der Waals surface area contributed by atoms with E-state index in [1.54, 1.807) is 17.0 Å². The van der Waals surface area contributed by atoms with Gasteiger partial charge in [0.05, 0.1) is 6.54 Å². The maximum atomic E-state index is 12.5. The number of nitrogens with zero attached hydrogens (tertiary/aromatic N) is 1. The van der Waals surface area contributed by atoms with Crippen LogP contribution in [-0.2, 0) is 4.74 Å². The molecule has 26 heavy (non-hydrogen) atoms. The molecule has 1 aliphatic carbocycles. The molecule has 0 aromatic heterocycles. The molecule has 5 nitrogen and oxygen atoms in total. The monoisotopic (exact) mass is 358 g/mol. The quantitative estimate of drug-likeness (QED) is 0.850. The molecule has 0 atom stereocenters. The number of cyclic esters (lactones) is 1. The summed E-state index contributed by atoms with van der Waals surface area (Å²) in [5, 5.41) is 3.18. The van der Waals surface area contributed by atoms with Gasteiger partial charge in [0.2, 0.25) is 0 Å². The summed E-state index contributed by atoms with van der Waals surface area (Å²) in [6.07, 6.45) is 5.35. The molecule has 1 aromatic carbocycles. The van der Waals surface area contributed by atoms with E-state index in [9.17, 15) is 9.59 Å². The maximum absolute atomic E-state index is 12.5. The molecule has 1 saturated heterocycles. The lowest BCUT2D eigenvalue weighted by molar-refractivity contribution is 0.0893. The van der Waals surface area contributed by atoms with Crippen LogP contribution in [0.5, 0.6) is 0 Å². The number of carbonyl (C=O) groups excluding carboxylic acids is 2. The molecule has 1 N–H and O–H groups in total. The van der Waals surface area contributed by atoms with Crippen LogP contribution in [0.4, 0.5) is 10.5 Å². The van der Waals surface area contributed by atoms with Crippen molar-refractivity contribution in [2.45, 2.75) is 58.9 Å². The van der Waals surface area contributed by atoms with Gasteiger partial charge >= 0.3 is 6.09 Å². The molecule has 0 spiro atoms. The zero-order valence-electron chi connectivity index (χ0n) is 16.1. The fraction of sp³-hybridized carbons (Fsp3) is 0.619. The highest BCUT2D eigenvalue weighted by Gasteiger charge is 2.32. The number of ether oxygens (including phenoxy) is 1. The Hall–Kier alpha value is -2.04. The molecule has 2 fully saturated rings. The third kappa shape index (κ3) is 4.02. The fourth-order valence-corrected chi connectivity index (χ4v) is 4.00. The van der Waals surface area contributed by atoms with Gasteiger partial charge in [0.25, 0.3) is 5.91 Å². The summed E-state index contributed by atoms with van der Waals surface area (Å²) < 4.78 is 4.95. The normalized spacial score (nSPS) is 23.7. The largest absolute Gasteiger partial charge is 0.447 e. The Kier molecular flexibility index (Phi) is 5.54. The lowest BCUT2D eigenvalue weighted by Gasteiger charge is -2.39. The smallest absolute Gasteiger partial charge is 0.414 e. The molecule has 2 amide bonds. The number of amides is 2. The second-order valence-electron chi connectivity index (χ2n) is 8.18. The summed E-state index contributed by atoms with van der Waals surface area (Å²) in [4.78, 5) is 25.7. The van der Waals surface area contributed by atoms with Gasteiger partial charge in [-0.05, 0) is 61.3 Å². The molecular weight excluding hydrogens is 328 g/mol. The molecule has 1 saturated carbocycles. The second kappa shape index (κ2) is 7.68. The highest BCUT2D eigenvalue weighted by atomic mass is 16.6. The van der Waals surface area contributed by atoms with Crippen LogP contribution >= 0.6 is 0 Å². The molecule has 1 aromatic rings. The number of carbonyl (C=O) groups is 2. The molecular formula is C21H30N2O3. The summed E-state index contributed by atoms with van der Waals surface area (Å²) in [6.45, 7) is 7.95. The van der Waals surface area contributed by atoms with Gasteiger partial charge < -0.3 is 10.1 Å². The molecule has 142 valence electrons. The van der Waals surface area contributed by atoms with Crippen LogP contribution in [0.3, 0.4) is 0 Å². The van der Waals surface area contributed by atoms with Crippen LogP contribution in [0.1, 0.15) is 63.2 Å². The molecule has 5 heteroatoms. The molecule has 1 heterocycles. The zero-order chi connectivity index (χ0) is 18.7. The van der Waals surface area contributed by atoms with Gasteiger partial charge in [-0.15, -0.1) is 0 Å². The second-order valence-corrected chi connectivity index (χ2v) is 8.18. The van der Waals surface area contributed by atoms with Gasteiger partial charge in [0.1, 0.15) is 6.61 Å². The third-order valence-corrected chi connectivity index (χ3v) is 6.28. The highest BCUT2D eigenvalue weighted by Crippen LogP contribution is 2.40. The van der Waals surface area contributed by atoms with E-state index < -0.39 is 0 Å². The van der Waals surface area contributed by atoms with E-state index in [4.69, 9.17) is 4.74 Å². The van der Waals surface area contributed by atoms with E-state index in [2.05, 4.69) is 26.1 Å². The van der Waals surface area contributed by atoms with Crippen LogP contribution in [-0.4, -0.2) is 31.2 Å². The van der Waals surface area contributed by atoms with E-state index >= 15 is 0 Å². The lowest BCUT2D eigenvalue weighted by Crippen LogP contribution is -2.39. The van der Waals surface area contributed by atoms with Gasteiger partial charge in [-0.3, -0.25) is 9.69 Å². The number of hydrogen-bond donors (Lipinski definition) is 1. The van der Waals surface area contributed by atoms with E-state index in [-0.39, 0.29) is 18.0 Å². The molecule has 0 radical (unpaired) electrons. The van der Waals surface area contributed by atoms with Crippen molar-refractivity contribution < 1.29 is 14.3 Å². The number of benzene rings is 1. The molecule has 2 aliphatic rings. The van der Waals surface area contributed by atoms with Crippen molar-refractivity contribution >= 4 is 17.7 Å². The van der Waals surface area contributed by atoms with Gasteiger partial charge in [0, 0.05) is 17.3 Å². The van der Waals surface area contributed by atoms with Crippen LogP contribution in [0, 0.1) is 11.3 Å². The predicted octanol–water partition coefficient (Wildman–Crippen LogP) is 4.37. The number of anilines is 1. The minimum absolute atomic E-state index is 0.0289. The van der Waals surface area contributed by atoms with E-state index in [1.807, 2.05) is 12.1 Å². The van der Waals surface area contributed by atoms with Crippen LogP contribution in [0.25, 0.3) is 0 Å². The Morgan fingerprint density at radius 2 is 1.85 bits per heavy atom. The number of rotatable bonds is 5. The van der Waals surface area contributed by atoms with Crippen LogP contribution in [0.15, 0.2) is 24.3 Å².